The molecule has 16 atom stereocenters. The number of carbonyl (C=O) groups is 8. The van der Waals surface area contributed by atoms with Crippen molar-refractivity contribution in [2.75, 3.05) is 77.1 Å². The number of hydrazine groups is 1. The fraction of sp³-hybridized carbons (Fsp3) is 0.625. The SMILES string of the molecule is CC[C@@]1(O)CC2C[C@H](CNCCc3c([nH]c4ccccc34)[C@@]2(C(=O)OC)c2cc3c(cc2OC)N(C)[C@H]2[C@@](O)(C(=O)NNC(=O)OCCSSC[C@H](NC(=O)C[C@@H](NC(=O)[C@H](CCC(=O)O)NC(C)=O)[C@@H](O)[C@H](O)[C@H](O)CO)C(=O)O)[C@H](O)[C@]4(CC)C=CCN5CC[C@]32[C@@H]54)C1. The first-order valence-corrected chi connectivity index (χ1v) is 34.5. The Morgan fingerprint density at radius 2 is 1.64 bits per heavy atom. The number of H-pyrrole nitrogens is 1. The van der Waals surface area contributed by atoms with Crippen LogP contribution < -0.4 is 41.8 Å². The molecular formula is C64H89N9O20S2. The zero-order chi connectivity index (χ0) is 69.1. The van der Waals surface area contributed by atoms with Crippen molar-refractivity contribution in [3.05, 3.63) is 70.9 Å². The molecule has 5 amide bonds. The molecule has 522 valence electrons. The molecule has 1 aromatic heterocycles. The second kappa shape index (κ2) is 29.5. The van der Waals surface area contributed by atoms with Gasteiger partial charge in [-0.05, 0) is 106 Å². The number of carboxylic acids is 2. The first kappa shape index (κ1) is 72.5. The van der Waals surface area contributed by atoms with Crippen LogP contribution in [0.3, 0.4) is 0 Å². The van der Waals surface area contributed by atoms with Crippen molar-refractivity contribution < 1.29 is 98.5 Å². The summed E-state index contributed by atoms with van der Waals surface area (Å²) in [6.45, 7) is 5.72. The number of carboxylic acid groups (broad SMARTS) is 2. The van der Waals surface area contributed by atoms with Crippen LogP contribution >= 0.6 is 21.6 Å². The van der Waals surface area contributed by atoms with Gasteiger partial charge in [-0.25, -0.2) is 15.0 Å². The van der Waals surface area contributed by atoms with E-state index in [4.69, 9.17) is 19.3 Å². The molecule has 9 rings (SSSR count). The second-order valence-corrected chi connectivity index (χ2v) is 28.6. The Hall–Kier alpha value is -6.78. The van der Waals surface area contributed by atoms with Crippen molar-refractivity contribution >= 4 is 85.8 Å². The molecule has 2 aromatic carbocycles. The Kier molecular flexibility index (Phi) is 22.5. The number of hydrogen-bond acceptors (Lipinski definition) is 23. The first-order chi connectivity index (χ1) is 45.2. The number of rotatable bonds is 26. The van der Waals surface area contributed by atoms with Crippen LogP contribution in [0.2, 0.25) is 0 Å². The van der Waals surface area contributed by atoms with Crippen molar-refractivity contribution in [3.8, 4) is 5.75 Å². The van der Waals surface area contributed by atoms with Gasteiger partial charge in [0.05, 0.1) is 38.5 Å². The van der Waals surface area contributed by atoms with E-state index in [0.717, 1.165) is 45.0 Å². The summed E-state index contributed by atoms with van der Waals surface area (Å²) in [5.74, 6) is -7.98. The van der Waals surface area contributed by atoms with Crippen molar-refractivity contribution in [1.82, 2.24) is 42.0 Å². The summed E-state index contributed by atoms with van der Waals surface area (Å²) in [6, 6.07) is 5.09. The van der Waals surface area contributed by atoms with Crippen LogP contribution in [0, 0.1) is 17.3 Å². The molecule has 0 radical (unpaired) electrons. The fourth-order valence-electron chi connectivity index (χ4n) is 16.5. The van der Waals surface area contributed by atoms with Crippen LogP contribution in [0.1, 0.15) is 101 Å². The van der Waals surface area contributed by atoms with Gasteiger partial charge in [0.25, 0.3) is 5.91 Å². The zero-order valence-electron chi connectivity index (χ0n) is 53.9. The van der Waals surface area contributed by atoms with Crippen LogP contribution in [0.4, 0.5) is 10.5 Å². The number of aliphatic hydroxyl groups is 7. The number of hydrogen-bond donors (Lipinski definition) is 16. The van der Waals surface area contributed by atoms with Gasteiger partial charge < -0.3 is 91.3 Å². The molecule has 3 fully saturated rings. The molecule has 1 spiro atoms. The number of aliphatic carboxylic acids is 2. The topological polar surface area (TPSA) is 441 Å². The van der Waals surface area contributed by atoms with Gasteiger partial charge in [-0.1, -0.05) is 65.8 Å². The Balaban J connectivity index is 0.935. The van der Waals surface area contributed by atoms with E-state index < -0.39 is 161 Å². The summed E-state index contributed by atoms with van der Waals surface area (Å²) in [6.07, 6.45) is -4.40. The number of para-hydroxylation sites is 1. The van der Waals surface area contributed by atoms with Crippen LogP contribution in [-0.2, 0) is 60.3 Å². The van der Waals surface area contributed by atoms with E-state index in [1.165, 1.54) is 14.2 Å². The standard InChI is InChI=1S/C64H89N9O20S2/c1-7-60(89)28-34-24-35(29-60)63(58(87)92-6,51-37(16-19-65-30-34)36-12-9-10-13-40(36)68-51)39-25-38-44(27-46(39)91-5)72(4)55-62(38)18-21-73-20-11-17-61(8-2,54(62)73)56(85)64(55,90)57(86)70-71-59(88)93-22-23-94-95-32-43(53(83)84)67-47(77)26-42(49(80)50(81)45(76)31-74)69-52(82)41(66-33(3)75)14-15-48(78)79/h9-13,17,25,27,34-35,41-43,45,49-50,54-56,65,68,74,76,80-81,85,89-90H,7-8,14-16,18-24,26,28-32H2,1-6H3,(H,66,75)(H,67,77)(H,69,82)(H,70,86)(H,71,88)(H,78,79)(H,83,84)/t34-,35?,41-,42+,43-,45+,49+,50+,54-,55+,56+,60-,61+,62+,63-,64-/m0/s1. The van der Waals surface area contributed by atoms with Gasteiger partial charge in [0.1, 0.15) is 54.3 Å². The molecule has 29 nitrogen and oxygen atoms in total. The molecule has 2 aliphatic carbocycles. The number of methoxy groups -OCH3 is 2. The fourth-order valence-corrected chi connectivity index (χ4v) is 18.5. The molecule has 2 saturated carbocycles. The van der Waals surface area contributed by atoms with Gasteiger partial charge in [-0.3, -0.25) is 39.1 Å². The van der Waals surface area contributed by atoms with Gasteiger partial charge >= 0.3 is 24.0 Å². The Morgan fingerprint density at radius 1 is 0.895 bits per heavy atom. The summed E-state index contributed by atoms with van der Waals surface area (Å²) in [5.41, 5.74) is 0.734. The molecule has 2 bridgehead atoms. The number of likely N-dealkylation sites (N-methyl/N-ethyl adjacent to an activating group) is 1. The Morgan fingerprint density at radius 3 is 2.32 bits per heavy atom. The van der Waals surface area contributed by atoms with Crippen molar-refractivity contribution in [2.45, 2.75) is 162 Å². The van der Waals surface area contributed by atoms with Crippen molar-refractivity contribution in [3.63, 3.8) is 0 Å². The largest absolute Gasteiger partial charge is 0.496 e. The number of ether oxygens (including phenoxy) is 3. The third-order valence-electron chi connectivity index (χ3n) is 20.7. The van der Waals surface area contributed by atoms with Gasteiger partial charge in [-0.2, -0.15) is 0 Å². The predicted octanol–water partition coefficient (Wildman–Crippen LogP) is -0.431. The summed E-state index contributed by atoms with van der Waals surface area (Å²) in [7, 11) is 6.58. The van der Waals surface area contributed by atoms with Crippen LogP contribution in [0.25, 0.3) is 10.9 Å². The quantitative estimate of drug-likeness (QED) is 0.0159. The highest BCUT2D eigenvalue weighted by molar-refractivity contribution is 8.76. The lowest BCUT2D eigenvalue weighted by atomic mass is 9.47. The summed E-state index contributed by atoms with van der Waals surface area (Å²) < 4.78 is 17.9. The minimum atomic E-state index is -2.69. The highest BCUT2D eigenvalue weighted by Crippen LogP contribution is 2.68. The molecule has 95 heavy (non-hydrogen) atoms. The average molecular weight is 1370 g/mol. The number of carbonyl (C=O) groups excluding carboxylic acids is 6. The smallest absolute Gasteiger partial charge is 0.426 e. The lowest BCUT2D eigenvalue weighted by Gasteiger charge is -2.63. The van der Waals surface area contributed by atoms with Gasteiger partial charge in [-0.15, -0.1) is 0 Å². The Bertz CT molecular complexity index is 3420. The van der Waals surface area contributed by atoms with E-state index >= 15 is 9.59 Å². The van der Waals surface area contributed by atoms with Crippen molar-refractivity contribution in [2.24, 2.45) is 17.3 Å². The molecule has 16 N–H and O–H groups in total. The highest BCUT2D eigenvalue weighted by atomic mass is 33.1. The molecular weight excluding hydrogens is 1280 g/mol. The summed E-state index contributed by atoms with van der Waals surface area (Å²) in [5, 5.41) is 110. The van der Waals surface area contributed by atoms with Gasteiger partial charge in [0.2, 0.25) is 17.7 Å². The maximum Gasteiger partial charge on any atom is 0.426 e. The minimum Gasteiger partial charge on any atom is -0.496 e. The molecule has 4 aliphatic heterocycles. The first-order valence-electron chi connectivity index (χ1n) is 32.0. The lowest BCUT2D eigenvalue weighted by molar-refractivity contribution is -0.204. The summed E-state index contributed by atoms with van der Waals surface area (Å²) in [4.78, 5) is 114. The van der Waals surface area contributed by atoms with E-state index in [1.54, 1.807) is 11.9 Å². The highest BCUT2D eigenvalue weighted by Gasteiger charge is 2.79. The predicted molar refractivity (Wildman–Crippen MR) is 347 cm³/mol. The molecule has 1 unspecified atom stereocenters. The normalized spacial score (nSPS) is 29.3. The maximum atomic E-state index is 15.8. The number of esters is 1. The number of aromatic amines is 1. The number of nitrogens with one attached hydrogen (secondary N) is 7. The number of aromatic nitrogens is 1. The number of aliphatic hydroxyl groups excluding tert-OH is 5. The number of benzene rings is 2. The molecule has 5 heterocycles. The van der Waals surface area contributed by atoms with E-state index in [0.29, 0.717) is 86.5 Å². The number of amides is 5. The second-order valence-electron chi connectivity index (χ2n) is 25.9. The van der Waals surface area contributed by atoms with E-state index in [9.17, 15) is 69.6 Å². The van der Waals surface area contributed by atoms with E-state index in [1.807, 2.05) is 62.4 Å². The number of nitrogens with zero attached hydrogens (tertiary/aromatic N) is 2. The van der Waals surface area contributed by atoms with Crippen molar-refractivity contribution in [1.29, 1.82) is 0 Å². The van der Waals surface area contributed by atoms with E-state index in [-0.39, 0.29) is 36.9 Å². The number of anilines is 1. The third kappa shape index (κ3) is 13.4. The van der Waals surface area contributed by atoms with Gasteiger partial charge in [0.15, 0.2) is 5.60 Å². The van der Waals surface area contributed by atoms with Crippen LogP contribution in [0.5, 0.6) is 5.75 Å². The minimum absolute atomic E-state index is 0.0247. The van der Waals surface area contributed by atoms with E-state index in [2.05, 4.69) is 42.0 Å². The van der Waals surface area contributed by atoms with Gasteiger partial charge in [0, 0.05) is 95.6 Å². The van der Waals surface area contributed by atoms with Crippen LogP contribution in [-0.4, -0.2) is 241 Å². The monoisotopic (exact) mass is 1370 g/mol. The molecule has 3 aromatic rings. The Labute approximate surface area is 556 Å². The average Bonchev–Trinajstić information content (AvgIpc) is 1.51. The number of fused-ring (bicyclic) bond motifs is 6. The lowest BCUT2D eigenvalue weighted by Crippen LogP contribution is -2.82. The molecule has 31 heteroatoms. The molecule has 1 saturated heterocycles. The van der Waals surface area contributed by atoms with Crippen LogP contribution in [0.15, 0.2) is 48.6 Å². The molecule has 6 aliphatic rings. The summed E-state index contributed by atoms with van der Waals surface area (Å²) >= 11 is 0. The third-order valence-corrected chi connectivity index (χ3v) is 23.1. The maximum absolute atomic E-state index is 15.8. The zero-order valence-corrected chi connectivity index (χ0v) is 55.6.